The SMILES string of the molecule is Cc1ccsc1C(=CCCN1CCC[C@@H]1[C@H](N)C(=O)O)c1sccc1C.O=C(O)C(F)(F)F. The van der Waals surface area contributed by atoms with Gasteiger partial charge in [-0.2, -0.15) is 13.2 Å². The van der Waals surface area contributed by atoms with Gasteiger partial charge in [0.05, 0.1) is 0 Å². The molecule has 2 atom stereocenters. The summed E-state index contributed by atoms with van der Waals surface area (Å²) in [6.07, 6.45) is 0.0284. The molecule has 0 radical (unpaired) electrons. The second kappa shape index (κ2) is 11.8. The minimum Gasteiger partial charge on any atom is -0.480 e. The number of hydrogen-bond donors (Lipinski definition) is 3. The van der Waals surface area contributed by atoms with Crippen molar-refractivity contribution in [3.05, 3.63) is 49.9 Å². The van der Waals surface area contributed by atoms with Crippen LogP contribution >= 0.6 is 22.7 Å². The Hall–Kier alpha value is -2.21. The van der Waals surface area contributed by atoms with Crippen molar-refractivity contribution in [2.24, 2.45) is 5.73 Å². The highest BCUT2D eigenvalue weighted by Gasteiger charge is 2.38. The zero-order chi connectivity index (χ0) is 24.8. The van der Waals surface area contributed by atoms with Gasteiger partial charge >= 0.3 is 18.1 Å². The van der Waals surface area contributed by atoms with Crippen molar-refractivity contribution < 1.29 is 33.0 Å². The zero-order valence-electron chi connectivity index (χ0n) is 18.3. The molecule has 1 aliphatic heterocycles. The van der Waals surface area contributed by atoms with Crippen LogP contribution in [0.2, 0.25) is 0 Å². The maximum atomic E-state index is 11.2. The van der Waals surface area contributed by atoms with E-state index >= 15 is 0 Å². The third-order valence-electron chi connectivity index (χ3n) is 5.33. The molecule has 2 aromatic heterocycles. The molecule has 0 saturated carbocycles. The minimum absolute atomic E-state index is 0.0451. The molecule has 1 aliphatic rings. The lowest BCUT2D eigenvalue weighted by molar-refractivity contribution is -0.192. The quantitative estimate of drug-likeness (QED) is 0.502. The fourth-order valence-electron chi connectivity index (χ4n) is 3.66. The largest absolute Gasteiger partial charge is 0.490 e. The van der Waals surface area contributed by atoms with Gasteiger partial charge in [-0.1, -0.05) is 6.08 Å². The van der Waals surface area contributed by atoms with Gasteiger partial charge in [0.15, 0.2) is 0 Å². The Morgan fingerprint density at radius 1 is 1.18 bits per heavy atom. The van der Waals surface area contributed by atoms with Crippen molar-refractivity contribution >= 4 is 40.2 Å². The lowest BCUT2D eigenvalue weighted by Gasteiger charge is -2.26. The highest BCUT2D eigenvalue weighted by molar-refractivity contribution is 7.14. The van der Waals surface area contributed by atoms with Crippen LogP contribution < -0.4 is 5.73 Å². The Kier molecular flexibility index (Phi) is 9.65. The molecular weight excluding hydrogens is 477 g/mol. The van der Waals surface area contributed by atoms with Crippen LogP contribution in [-0.2, 0) is 9.59 Å². The van der Waals surface area contributed by atoms with E-state index in [1.54, 1.807) is 22.7 Å². The molecule has 3 rings (SSSR count). The molecule has 2 aromatic rings. The molecule has 1 saturated heterocycles. The molecule has 182 valence electrons. The standard InChI is InChI=1S/C20H26N2O2S2.C2HF3O2/c1-13-7-11-25-18(13)15(19-14(2)8-12-26-19)5-3-9-22-10-4-6-16(22)17(21)20(23)24;3-2(4,5)1(6)7/h5,7-8,11-12,16-17H,3-4,6,9-10,21H2,1-2H3,(H,23,24);(H,6,7)/t16-,17+;/m1./s1. The second-order valence-electron chi connectivity index (χ2n) is 7.68. The van der Waals surface area contributed by atoms with Gasteiger partial charge in [0.25, 0.3) is 0 Å². The number of likely N-dealkylation sites (tertiary alicyclic amines) is 1. The number of carbonyl (C=O) groups is 2. The van der Waals surface area contributed by atoms with Crippen LogP contribution in [0.15, 0.2) is 29.0 Å². The zero-order valence-corrected chi connectivity index (χ0v) is 19.9. The first kappa shape index (κ1) is 27.0. The van der Waals surface area contributed by atoms with Crippen molar-refractivity contribution in [1.29, 1.82) is 0 Å². The molecule has 1 fully saturated rings. The molecule has 0 unspecified atom stereocenters. The summed E-state index contributed by atoms with van der Waals surface area (Å²) in [4.78, 5) is 25.0. The fourth-order valence-corrected chi connectivity index (χ4v) is 5.68. The lowest BCUT2D eigenvalue weighted by Crippen LogP contribution is -2.48. The van der Waals surface area contributed by atoms with Gasteiger partial charge in [0.2, 0.25) is 0 Å². The third kappa shape index (κ3) is 7.39. The summed E-state index contributed by atoms with van der Waals surface area (Å²) in [5, 5.41) is 20.6. The highest BCUT2D eigenvalue weighted by atomic mass is 32.1. The number of nitrogens with zero attached hydrogens (tertiary/aromatic N) is 1. The molecule has 0 aromatic carbocycles. The van der Waals surface area contributed by atoms with E-state index in [-0.39, 0.29) is 6.04 Å². The number of thiophene rings is 2. The van der Waals surface area contributed by atoms with E-state index in [2.05, 4.69) is 47.7 Å². The predicted molar refractivity (Wildman–Crippen MR) is 124 cm³/mol. The molecular formula is C22H27F3N2O4S2. The van der Waals surface area contributed by atoms with E-state index in [0.29, 0.717) is 0 Å². The van der Waals surface area contributed by atoms with E-state index in [1.807, 2.05) is 0 Å². The Morgan fingerprint density at radius 2 is 1.70 bits per heavy atom. The van der Waals surface area contributed by atoms with Crippen molar-refractivity contribution in [2.45, 2.75) is 51.4 Å². The van der Waals surface area contributed by atoms with E-state index in [0.717, 1.165) is 32.4 Å². The highest BCUT2D eigenvalue weighted by Crippen LogP contribution is 2.35. The fraction of sp³-hybridized carbons (Fsp3) is 0.455. The van der Waals surface area contributed by atoms with Gasteiger partial charge in [0.1, 0.15) is 6.04 Å². The summed E-state index contributed by atoms with van der Waals surface area (Å²) in [5.41, 5.74) is 9.81. The van der Waals surface area contributed by atoms with Crippen LogP contribution in [-0.4, -0.2) is 58.4 Å². The first-order valence-corrected chi connectivity index (χ1v) is 12.0. The van der Waals surface area contributed by atoms with E-state index in [4.69, 9.17) is 15.6 Å². The van der Waals surface area contributed by atoms with Crippen molar-refractivity contribution in [3.8, 4) is 0 Å². The summed E-state index contributed by atoms with van der Waals surface area (Å²) in [6, 6.07) is 3.49. The van der Waals surface area contributed by atoms with E-state index < -0.39 is 24.2 Å². The van der Waals surface area contributed by atoms with Gasteiger partial charge in [-0.05, 0) is 73.7 Å². The number of hydrogen-bond acceptors (Lipinski definition) is 6. The lowest BCUT2D eigenvalue weighted by atomic mass is 10.0. The normalized spacial score (nSPS) is 17.2. The number of nitrogens with two attached hydrogens (primary N) is 1. The Balaban J connectivity index is 0.000000479. The van der Waals surface area contributed by atoms with Gasteiger partial charge in [-0.15, -0.1) is 22.7 Å². The molecule has 6 nitrogen and oxygen atoms in total. The van der Waals surface area contributed by atoms with Crippen LogP contribution in [0.4, 0.5) is 13.2 Å². The van der Waals surface area contributed by atoms with Crippen LogP contribution in [0, 0.1) is 13.8 Å². The van der Waals surface area contributed by atoms with Gasteiger partial charge < -0.3 is 15.9 Å². The van der Waals surface area contributed by atoms with Crippen molar-refractivity contribution in [3.63, 3.8) is 0 Å². The second-order valence-corrected chi connectivity index (χ2v) is 9.52. The molecule has 0 aliphatic carbocycles. The topological polar surface area (TPSA) is 104 Å². The van der Waals surface area contributed by atoms with Crippen LogP contribution in [0.5, 0.6) is 0 Å². The number of alkyl halides is 3. The summed E-state index contributed by atoms with van der Waals surface area (Å²) in [6.45, 7) is 6.10. The molecule has 33 heavy (non-hydrogen) atoms. The molecule has 3 heterocycles. The number of aliphatic carboxylic acids is 2. The smallest absolute Gasteiger partial charge is 0.480 e. The number of halogens is 3. The molecule has 0 spiro atoms. The van der Waals surface area contributed by atoms with Crippen LogP contribution in [0.25, 0.3) is 5.57 Å². The van der Waals surface area contributed by atoms with Crippen LogP contribution in [0.1, 0.15) is 40.1 Å². The monoisotopic (exact) mass is 504 g/mol. The summed E-state index contributed by atoms with van der Waals surface area (Å²) < 4.78 is 31.7. The van der Waals surface area contributed by atoms with Crippen LogP contribution in [0.3, 0.4) is 0 Å². The van der Waals surface area contributed by atoms with Crippen molar-refractivity contribution in [1.82, 2.24) is 4.90 Å². The maximum Gasteiger partial charge on any atom is 0.490 e. The van der Waals surface area contributed by atoms with Gasteiger partial charge in [-0.3, -0.25) is 9.69 Å². The molecule has 0 bridgehead atoms. The van der Waals surface area contributed by atoms with Gasteiger partial charge in [-0.25, -0.2) is 4.79 Å². The van der Waals surface area contributed by atoms with Crippen molar-refractivity contribution in [2.75, 3.05) is 13.1 Å². The van der Waals surface area contributed by atoms with E-state index in [9.17, 15) is 23.1 Å². The first-order chi connectivity index (χ1) is 15.4. The first-order valence-electron chi connectivity index (χ1n) is 10.2. The summed E-state index contributed by atoms with van der Waals surface area (Å²) >= 11 is 3.57. The Labute approximate surface area is 198 Å². The van der Waals surface area contributed by atoms with Gasteiger partial charge in [0, 0.05) is 27.9 Å². The number of carboxylic acids is 2. The Bertz CT molecular complexity index is 942. The third-order valence-corrected chi connectivity index (χ3v) is 7.43. The predicted octanol–water partition coefficient (Wildman–Crippen LogP) is 4.76. The van der Waals surface area contributed by atoms with E-state index in [1.165, 1.54) is 26.5 Å². The number of carboxylic acid groups (broad SMARTS) is 2. The number of aryl methyl sites for hydroxylation is 2. The maximum absolute atomic E-state index is 11.2. The molecule has 11 heteroatoms. The average Bonchev–Trinajstić information content (AvgIpc) is 3.46. The number of rotatable bonds is 7. The summed E-state index contributed by atoms with van der Waals surface area (Å²) in [7, 11) is 0. The summed E-state index contributed by atoms with van der Waals surface area (Å²) in [5.74, 6) is -3.66. The molecule has 0 amide bonds. The average molecular weight is 505 g/mol. The molecule has 4 N–H and O–H groups in total. The minimum atomic E-state index is -5.08. The Morgan fingerprint density at radius 3 is 2.09 bits per heavy atom.